The van der Waals surface area contributed by atoms with Gasteiger partial charge in [-0.15, -0.1) is 11.3 Å². The normalized spacial score (nSPS) is 16.6. The lowest BCUT2D eigenvalue weighted by Crippen LogP contribution is -2.49. The first kappa shape index (κ1) is 21.3. The van der Waals surface area contributed by atoms with Crippen molar-refractivity contribution in [3.8, 4) is 0 Å². The van der Waals surface area contributed by atoms with Gasteiger partial charge in [0.05, 0.1) is 10.7 Å². The minimum Gasteiger partial charge on any atom is -0.384 e. The summed E-state index contributed by atoms with van der Waals surface area (Å²) < 4.78 is 41.3. The number of anilines is 2. The lowest BCUT2D eigenvalue weighted by atomic mass is 10.1. The topological polar surface area (TPSA) is 95.2 Å². The van der Waals surface area contributed by atoms with Gasteiger partial charge in [0, 0.05) is 30.7 Å². The summed E-state index contributed by atoms with van der Waals surface area (Å²) in [4.78, 5) is 3.33. The van der Waals surface area contributed by atoms with Gasteiger partial charge in [-0.3, -0.25) is 4.72 Å². The molecule has 1 aliphatic heterocycles. The molecule has 11 heteroatoms. The fraction of sp³-hybridized carbons (Fsp3) is 0.471. The van der Waals surface area contributed by atoms with Gasteiger partial charge < -0.3 is 16.0 Å². The molecular formula is C17H23ClFN5O2S2. The molecule has 0 unspecified atom stereocenters. The second-order valence-corrected chi connectivity index (χ2v) is 9.44. The van der Waals surface area contributed by atoms with Crippen molar-refractivity contribution in [3.63, 3.8) is 0 Å². The van der Waals surface area contributed by atoms with E-state index in [-0.39, 0.29) is 10.2 Å². The number of benzene rings is 1. The van der Waals surface area contributed by atoms with Crippen molar-refractivity contribution < 1.29 is 12.8 Å². The second kappa shape index (κ2) is 9.84. The molecule has 0 bridgehead atoms. The molecule has 0 radical (unpaired) electrons. The highest BCUT2D eigenvalue weighted by molar-refractivity contribution is 7.93. The molecule has 154 valence electrons. The predicted molar refractivity (Wildman–Crippen MR) is 111 cm³/mol. The molecule has 0 aliphatic carbocycles. The molecule has 7 nitrogen and oxygen atoms in total. The van der Waals surface area contributed by atoms with Crippen LogP contribution < -0.4 is 20.7 Å². The van der Waals surface area contributed by atoms with Gasteiger partial charge in [-0.25, -0.2) is 17.8 Å². The zero-order valence-corrected chi connectivity index (χ0v) is 17.6. The van der Waals surface area contributed by atoms with Crippen molar-refractivity contribution in [2.75, 3.05) is 36.2 Å². The number of nitrogens with one attached hydrogen (secondary N) is 4. The molecular weight excluding hydrogens is 425 g/mol. The molecule has 4 N–H and O–H groups in total. The first-order chi connectivity index (χ1) is 13.5. The highest BCUT2D eigenvalue weighted by Crippen LogP contribution is 2.29. The number of nitrogens with zero attached hydrogens (tertiary/aromatic N) is 1. The Kier molecular flexibility index (Phi) is 7.47. The maximum Gasteiger partial charge on any atom is 0.266 e. The van der Waals surface area contributed by atoms with Gasteiger partial charge >= 0.3 is 0 Å². The van der Waals surface area contributed by atoms with Crippen LogP contribution in [0.3, 0.4) is 0 Å². The van der Waals surface area contributed by atoms with Crippen molar-refractivity contribution >= 4 is 43.8 Å². The van der Waals surface area contributed by atoms with E-state index in [0.717, 1.165) is 55.9 Å². The molecule has 2 aromatic rings. The summed E-state index contributed by atoms with van der Waals surface area (Å²) >= 11 is 7.26. The fourth-order valence-electron chi connectivity index (χ4n) is 2.71. The SMILES string of the molecule is O=S(=O)(Nc1nccs1)c1cc(Cl)c(NCCCCNC[C@H]2CCN2)cc1F. The number of thiazole rings is 1. The number of unbranched alkanes of at least 4 members (excludes halogenated alkanes) is 1. The maximum atomic E-state index is 14.4. The van der Waals surface area contributed by atoms with Crippen molar-refractivity contribution in [1.82, 2.24) is 15.6 Å². The fourth-order valence-corrected chi connectivity index (χ4v) is 4.88. The minimum atomic E-state index is -4.10. The van der Waals surface area contributed by atoms with Crippen LogP contribution in [0.25, 0.3) is 0 Å². The van der Waals surface area contributed by atoms with Crippen LogP contribution >= 0.6 is 22.9 Å². The van der Waals surface area contributed by atoms with Crippen LogP contribution in [0.2, 0.25) is 5.02 Å². The van der Waals surface area contributed by atoms with E-state index in [1.807, 2.05) is 0 Å². The smallest absolute Gasteiger partial charge is 0.266 e. The Morgan fingerprint density at radius 3 is 2.79 bits per heavy atom. The third kappa shape index (κ3) is 5.77. The molecule has 0 spiro atoms. The first-order valence-electron chi connectivity index (χ1n) is 9.05. The van der Waals surface area contributed by atoms with Crippen LogP contribution in [0.15, 0.2) is 28.6 Å². The lowest BCUT2D eigenvalue weighted by molar-refractivity contribution is 0.353. The Hall–Kier alpha value is -1.46. The van der Waals surface area contributed by atoms with E-state index in [0.29, 0.717) is 18.3 Å². The van der Waals surface area contributed by atoms with Gasteiger partial charge in [-0.2, -0.15) is 0 Å². The molecule has 0 saturated carbocycles. The van der Waals surface area contributed by atoms with Crippen LogP contribution in [0.1, 0.15) is 19.3 Å². The number of sulfonamides is 1. The molecule has 1 aromatic carbocycles. The Morgan fingerprint density at radius 1 is 1.32 bits per heavy atom. The van der Waals surface area contributed by atoms with E-state index in [1.165, 1.54) is 12.6 Å². The number of hydrogen-bond acceptors (Lipinski definition) is 7. The molecule has 1 atom stereocenters. The Bertz CT molecular complexity index is 876. The number of rotatable bonds is 11. The summed E-state index contributed by atoms with van der Waals surface area (Å²) in [5.74, 6) is -0.870. The third-order valence-electron chi connectivity index (χ3n) is 4.38. The quantitative estimate of drug-likeness (QED) is 0.396. The standard InChI is InChI=1S/C17H23ClFN5O2S2/c18-13-9-16(28(25,26)24-17-23-7-8-27-17)14(19)10-15(13)22-5-2-1-4-20-11-12-3-6-21-12/h7-10,12,20-22H,1-6,11H2,(H,23,24)/t12-/m1/s1. The lowest BCUT2D eigenvalue weighted by Gasteiger charge is -2.27. The van der Waals surface area contributed by atoms with Gasteiger partial charge in [-0.1, -0.05) is 11.6 Å². The zero-order valence-electron chi connectivity index (χ0n) is 15.2. The number of aromatic nitrogens is 1. The average Bonchev–Trinajstić information content (AvgIpc) is 3.10. The largest absolute Gasteiger partial charge is 0.384 e. The second-order valence-electron chi connectivity index (χ2n) is 6.48. The predicted octanol–water partition coefficient (Wildman–Crippen LogP) is 2.88. The molecule has 1 aromatic heterocycles. The summed E-state index contributed by atoms with van der Waals surface area (Å²) in [6.07, 6.45) is 4.54. The summed E-state index contributed by atoms with van der Waals surface area (Å²) in [6.45, 7) is 3.62. The van der Waals surface area contributed by atoms with E-state index >= 15 is 0 Å². The van der Waals surface area contributed by atoms with E-state index in [4.69, 9.17) is 11.6 Å². The van der Waals surface area contributed by atoms with Crippen LogP contribution in [0, 0.1) is 5.82 Å². The molecule has 1 fully saturated rings. The van der Waals surface area contributed by atoms with Crippen molar-refractivity contribution in [2.45, 2.75) is 30.2 Å². The summed E-state index contributed by atoms with van der Waals surface area (Å²) in [7, 11) is -4.10. The summed E-state index contributed by atoms with van der Waals surface area (Å²) in [5.41, 5.74) is 0.374. The van der Waals surface area contributed by atoms with Gasteiger partial charge in [0.15, 0.2) is 5.13 Å². The van der Waals surface area contributed by atoms with E-state index < -0.39 is 20.7 Å². The number of hydrogen-bond donors (Lipinski definition) is 4. The highest BCUT2D eigenvalue weighted by Gasteiger charge is 2.22. The van der Waals surface area contributed by atoms with Crippen molar-refractivity contribution in [3.05, 3.63) is 34.5 Å². The van der Waals surface area contributed by atoms with Crippen LogP contribution in [-0.4, -0.2) is 45.6 Å². The first-order valence-corrected chi connectivity index (χ1v) is 11.8. The Labute approximate surface area is 173 Å². The van der Waals surface area contributed by atoms with Crippen LogP contribution in [0.5, 0.6) is 0 Å². The summed E-state index contributed by atoms with van der Waals surface area (Å²) in [5, 5.41) is 11.7. The van der Waals surface area contributed by atoms with Crippen LogP contribution in [0.4, 0.5) is 15.2 Å². The molecule has 0 amide bonds. The monoisotopic (exact) mass is 447 g/mol. The van der Waals surface area contributed by atoms with Crippen molar-refractivity contribution in [2.24, 2.45) is 0 Å². The number of halogens is 2. The third-order valence-corrected chi connectivity index (χ3v) is 6.86. The Morgan fingerprint density at radius 2 is 2.11 bits per heavy atom. The van der Waals surface area contributed by atoms with Gasteiger partial charge in [0.1, 0.15) is 10.7 Å². The van der Waals surface area contributed by atoms with E-state index in [1.54, 1.807) is 5.38 Å². The van der Waals surface area contributed by atoms with E-state index in [9.17, 15) is 12.8 Å². The minimum absolute atomic E-state index is 0.148. The van der Waals surface area contributed by atoms with Gasteiger partial charge in [0.25, 0.3) is 10.0 Å². The molecule has 2 heterocycles. The summed E-state index contributed by atoms with van der Waals surface area (Å²) in [6, 6.07) is 2.82. The highest BCUT2D eigenvalue weighted by atomic mass is 35.5. The molecule has 1 aliphatic rings. The zero-order chi connectivity index (χ0) is 20.0. The molecule has 28 heavy (non-hydrogen) atoms. The van der Waals surface area contributed by atoms with E-state index in [2.05, 4.69) is 25.7 Å². The van der Waals surface area contributed by atoms with Gasteiger partial charge in [0.2, 0.25) is 0 Å². The molecule has 1 saturated heterocycles. The Balaban J connectivity index is 1.48. The van der Waals surface area contributed by atoms with Gasteiger partial charge in [-0.05, 0) is 44.5 Å². The molecule has 3 rings (SSSR count). The maximum absolute atomic E-state index is 14.4. The van der Waals surface area contributed by atoms with Crippen LogP contribution in [-0.2, 0) is 10.0 Å². The average molecular weight is 448 g/mol. The van der Waals surface area contributed by atoms with Crippen molar-refractivity contribution in [1.29, 1.82) is 0 Å².